The third-order valence-corrected chi connectivity index (χ3v) is 4.03. The zero-order chi connectivity index (χ0) is 18.4. The van der Waals surface area contributed by atoms with Crippen LogP contribution in [0.2, 0.25) is 0 Å². The van der Waals surface area contributed by atoms with Gasteiger partial charge in [-0.05, 0) is 37.1 Å². The number of nitrogens with one attached hydrogen (secondary N) is 2. The Bertz CT molecular complexity index is 744. The average Bonchev–Trinajstić information content (AvgIpc) is 2.56. The molecule has 0 aliphatic heterocycles. The van der Waals surface area contributed by atoms with Crippen LogP contribution in [0.1, 0.15) is 35.3 Å². The predicted octanol–water partition coefficient (Wildman–Crippen LogP) is 2.68. The fraction of sp³-hybridized carbons (Fsp3) is 0.300. The second kappa shape index (κ2) is 8.44. The maximum Gasteiger partial charge on any atom is 0.251 e. The topological polar surface area (TPSA) is 78.4 Å². The highest BCUT2D eigenvalue weighted by Crippen LogP contribution is 2.16. The number of rotatable bonds is 6. The molecule has 2 aromatic carbocycles. The van der Waals surface area contributed by atoms with Gasteiger partial charge in [0, 0.05) is 24.6 Å². The maximum atomic E-state index is 12.5. The normalized spacial score (nSPS) is 13.0. The van der Waals surface area contributed by atoms with Crippen molar-refractivity contribution in [3.05, 3.63) is 65.2 Å². The van der Waals surface area contributed by atoms with Crippen molar-refractivity contribution < 1.29 is 14.7 Å². The summed E-state index contributed by atoms with van der Waals surface area (Å²) in [5, 5.41) is 15.8. The van der Waals surface area contributed by atoms with Crippen molar-refractivity contribution in [1.29, 1.82) is 0 Å². The van der Waals surface area contributed by atoms with E-state index in [-0.39, 0.29) is 11.8 Å². The molecule has 0 heterocycles. The number of aryl methyl sites for hydroxylation is 1. The van der Waals surface area contributed by atoms with Gasteiger partial charge in [-0.15, -0.1) is 0 Å². The van der Waals surface area contributed by atoms with Crippen LogP contribution in [0.25, 0.3) is 0 Å². The van der Waals surface area contributed by atoms with E-state index in [1.165, 1.54) is 6.92 Å². The van der Waals surface area contributed by atoms with Crippen molar-refractivity contribution in [2.24, 2.45) is 0 Å². The minimum absolute atomic E-state index is 0.193. The van der Waals surface area contributed by atoms with Crippen LogP contribution in [0.4, 0.5) is 5.69 Å². The summed E-state index contributed by atoms with van der Waals surface area (Å²) in [6.45, 7) is 5.03. The number of carbonyl (C=O) groups excluding carboxylic acids is 2. The molecule has 0 aliphatic carbocycles. The van der Waals surface area contributed by atoms with E-state index in [1.807, 2.05) is 37.3 Å². The molecule has 2 amide bonds. The van der Waals surface area contributed by atoms with E-state index >= 15 is 0 Å². The standard InChI is InChI=1S/C20H24N2O3/c1-13-9-10-17(22-15(3)23)12-18(13)20(25)21-14(2)19(24)11-16-7-5-4-6-8-16/h4-10,12,14,19,24H,11H2,1-3H3,(H,21,25)(H,22,23)/t14-,19+/m0/s1. The molecule has 2 rings (SSSR count). The predicted molar refractivity (Wildman–Crippen MR) is 98.6 cm³/mol. The molecule has 0 aliphatic rings. The number of anilines is 1. The van der Waals surface area contributed by atoms with Crippen molar-refractivity contribution in [3.63, 3.8) is 0 Å². The molecule has 2 aromatic rings. The second-order valence-electron chi connectivity index (χ2n) is 6.23. The van der Waals surface area contributed by atoms with Crippen LogP contribution in [0.15, 0.2) is 48.5 Å². The third kappa shape index (κ3) is 5.43. The van der Waals surface area contributed by atoms with Crippen molar-refractivity contribution in [1.82, 2.24) is 5.32 Å². The molecule has 0 fully saturated rings. The molecule has 0 spiro atoms. The van der Waals surface area contributed by atoms with Crippen molar-refractivity contribution in [2.75, 3.05) is 5.32 Å². The van der Waals surface area contributed by atoms with Crippen LogP contribution in [0.5, 0.6) is 0 Å². The lowest BCUT2D eigenvalue weighted by molar-refractivity contribution is -0.114. The summed E-state index contributed by atoms with van der Waals surface area (Å²) in [5.74, 6) is -0.467. The summed E-state index contributed by atoms with van der Waals surface area (Å²) >= 11 is 0. The summed E-state index contributed by atoms with van der Waals surface area (Å²) in [6.07, 6.45) is -0.224. The number of hydrogen-bond acceptors (Lipinski definition) is 3. The Balaban J connectivity index is 2.04. The molecule has 0 radical (unpaired) electrons. The van der Waals surface area contributed by atoms with Crippen LogP contribution in [-0.4, -0.2) is 29.1 Å². The van der Waals surface area contributed by atoms with Crippen LogP contribution in [-0.2, 0) is 11.2 Å². The molecule has 132 valence electrons. The highest BCUT2D eigenvalue weighted by atomic mass is 16.3. The number of aliphatic hydroxyl groups is 1. The van der Waals surface area contributed by atoms with E-state index in [2.05, 4.69) is 10.6 Å². The molecular formula is C20H24N2O3. The summed E-state index contributed by atoms with van der Waals surface area (Å²) in [7, 11) is 0. The van der Waals surface area contributed by atoms with Crippen molar-refractivity contribution in [2.45, 2.75) is 39.3 Å². The Hall–Kier alpha value is -2.66. The summed E-state index contributed by atoms with van der Waals surface area (Å²) in [4.78, 5) is 23.7. The molecular weight excluding hydrogens is 316 g/mol. The van der Waals surface area contributed by atoms with Crippen LogP contribution < -0.4 is 10.6 Å². The molecule has 0 bridgehead atoms. The first-order chi connectivity index (χ1) is 11.9. The number of aliphatic hydroxyl groups excluding tert-OH is 1. The quantitative estimate of drug-likeness (QED) is 0.756. The molecule has 25 heavy (non-hydrogen) atoms. The summed E-state index contributed by atoms with van der Waals surface area (Å²) in [5.41, 5.74) is 2.86. The van der Waals surface area contributed by atoms with Gasteiger partial charge in [-0.2, -0.15) is 0 Å². The van der Waals surface area contributed by atoms with Gasteiger partial charge in [-0.25, -0.2) is 0 Å². The van der Waals surface area contributed by atoms with E-state index in [9.17, 15) is 14.7 Å². The van der Waals surface area contributed by atoms with E-state index in [4.69, 9.17) is 0 Å². The fourth-order valence-electron chi connectivity index (χ4n) is 2.56. The Labute approximate surface area is 148 Å². The molecule has 3 N–H and O–H groups in total. The van der Waals surface area contributed by atoms with Crippen LogP contribution in [0, 0.1) is 6.92 Å². The minimum Gasteiger partial charge on any atom is -0.391 e. The van der Waals surface area contributed by atoms with Crippen LogP contribution in [0.3, 0.4) is 0 Å². The lowest BCUT2D eigenvalue weighted by Crippen LogP contribution is -2.42. The first-order valence-corrected chi connectivity index (χ1v) is 8.28. The van der Waals surface area contributed by atoms with Gasteiger partial charge in [0.2, 0.25) is 5.91 Å². The van der Waals surface area contributed by atoms with Crippen molar-refractivity contribution >= 4 is 17.5 Å². The maximum absolute atomic E-state index is 12.5. The average molecular weight is 340 g/mol. The Morgan fingerprint density at radius 3 is 2.44 bits per heavy atom. The molecule has 5 heteroatoms. The Morgan fingerprint density at radius 1 is 1.12 bits per heavy atom. The number of carbonyl (C=O) groups is 2. The fourth-order valence-corrected chi connectivity index (χ4v) is 2.56. The number of benzene rings is 2. The van der Waals surface area contributed by atoms with Gasteiger partial charge in [0.1, 0.15) is 0 Å². The van der Waals surface area contributed by atoms with Gasteiger partial charge in [-0.3, -0.25) is 9.59 Å². The molecule has 0 saturated carbocycles. The zero-order valence-corrected chi connectivity index (χ0v) is 14.7. The smallest absolute Gasteiger partial charge is 0.251 e. The Kier molecular flexibility index (Phi) is 6.31. The highest BCUT2D eigenvalue weighted by molar-refractivity contribution is 5.98. The highest BCUT2D eigenvalue weighted by Gasteiger charge is 2.19. The minimum atomic E-state index is -0.690. The second-order valence-corrected chi connectivity index (χ2v) is 6.23. The summed E-state index contributed by atoms with van der Waals surface area (Å²) in [6, 6.07) is 14.4. The summed E-state index contributed by atoms with van der Waals surface area (Å²) < 4.78 is 0. The largest absolute Gasteiger partial charge is 0.391 e. The molecule has 2 atom stereocenters. The SMILES string of the molecule is CC(=O)Nc1ccc(C)c(C(=O)N[C@@H](C)[C@H](O)Cc2ccccc2)c1. The van der Waals surface area contributed by atoms with E-state index < -0.39 is 12.1 Å². The van der Waals surface area contributed by atoms with Gasteiger partial charge in [0.15, 0.2) is 0 Å². The molecule has 0 aromatic heterocycles. The van der Waals surface area contributed by atoms with E-state index in [0.29, 0.717) is 17.7 Å². The first kappa shape index (κ1) is 18.7. The van der Waals surface area contributed by atoms with Gasteiger partial charge in [-0.1, -0.05) is 36.4 Å². The number of hydrogen-bond donors (Lipinski definition) is 3. The van der Waals surface area contributed by atoms with Gasteiger partial charge >= 0.3 is 0 Å². The molecule has 0 saturated heterocycles. The third-order valence-electron chi connectivity index (χ3n) is 4.03. The van der Waals surface area contributed by atoms with Gasteiger partial charge in [0.05, 0.1) is 12.1 Å². The lowest BCUT2D eigenvalue weighted by atomic mass is 10.0. The zero-order valence-electron chi connectivity index (χ0n) is 14.7. The van der Waals surface area contributed by atoms with Gasteiger partial charge in [0.25, 0.3) is 5.91 Å². The lowest BCUT2D eigenvalue weighted by Gasteiger charge is -2.21. The Morgan fingerprint density at radius 2 is 1.80 bits per heavy atom. The monoisotopic (exact) mass is 340 g/mol. The molecule has 5 nitrogen and oxygen atoms in total. The van der Waals surface area contributed by atoms with Crippen LogP contribution >= 0.6 is 0 Å². The first-order valence-electron chi connectivity index (χ1n) is 8.28. The van der Waals surface area contributed by atoms with Crippen molar-refractivity contribution in [3.8, 4) is 0 Å². The van der Waals surface area contributed by atoms with Gasteiger partial charge < -0.3 is 15.7 Å². The molecule has 0 unspecified atom stereocenters. The van der Waals surface area contributed by atoms with E-state index in [0.717, 1.165) is 11.1 Å². The van der Waals surface area contributed by atoms with E-state index in [1.54, 1.807) is 25.1 Å². The number of amides is 2.